The minimum atomic E-state index is -2.24. The largest absolute Gasteiger partial charge is 2.00 e. The van der Waals surface area contributed by atoms with E-state index in [-0.39, 0.29) is 31.5 Å². The second kappa shape index (κ2) is 5.96. The van der Waals surface area contributed by atoms with Gasteiger partial charge in [0.05, 0.1) is 0 Å². The summed E-state index contributed by atoms with van der Waals surface area (Å²) in [5.41, 5.74) is -0.320. The van der Waals surface area contributed by atoms with Gasteiger partial charge in [-0.2, -0.15) is 0 Å². The third-order valence-corrected chi connectivity index (χ3v) is 0.970. The van der Waals surface area contributed by atoms with Crippen LogP contribution in [0.25, 0.3) is 0 Å². The maximum atomic E-state index is 12.2. The quantitative estimate of drug-likeness (QED) is 0.493. The molecule has 0 heterocycles. The van der Waals surface area contributed by atoms with E-state index in [1.165, 1.54) is 0 Å². The van der Waals surface area contributed by atoms with Gasteiger partial charge in [0, 0.05) is 5.57 Å². The Kier molecular flexibility index (Phi) is 6.91. The minimum absolute atomic E-state index is 0. The van der Waals surface area contributed by atoms with Crippen molar-refractivity contribution in [3.05, 3.63) is 11.6 Å². The second-order valence-corrected chi connectivity index (χ2v) is 1.89. The first-order valence-electron chi connectivity index (χ1n) is 2.73. The number of rotatable bonds is 3. The molecule has 0 rings (SSSR count). The Hall–Kier alpha value is -0.624. The van der Waals surface area contributed by atoms with Crippen molar-refractivity contribution in [3.63, 3.8) is 0 Å². The number of aliphatic carboxylic acids is 2. The Morgan fingerprint density at radius 3 is 2.17 bits per heavy atom. The van der Waals surface area contributed by atoms with Gasteiger partial charge < -0.3 is 13.1 Å². The Morgan fingerprint density at radius 2 is 1.92 bits per heavy atom. The molecule has 0 spiro atoms. The molecular formula is C6H9FMgO4. The fourth-order valence-electron chi connectivity index (χ4n) is 0.362. The smallest absolute Gasteiger partial charge is 1.00 e. The van der Waals surface area contributed by atoms with Crippen molar-refractivity contribution in [2.45, 2.75) is 13.1 Å². The van der Waals surface area contributed by atoms with E-state index in [0.29, 0.717) is 6.08 Å². The number of carboxylic acid groups (broad SMARTS) is 2. The monoisotopic (exact) mass is 188 g/mol. The van der Waals surface area contributed by atoms with Crippen molar-refractivity contribution < 1.29 is 27.0 Å². The van der Waals surface area contributed by atoms with Gasteiger partial charge in [-0.3, -0.25) is 0 Å². The first-order chi connectivity index (χ1) is 4.95. The number of hydrogen-bond donors (Lipinski definition) is 2. The molecule has 0 aromatic carbocycles. The maximum Gasteiger partial charge on any atom is 2.00 e. The van der Waals surface area contributed by atoms with Crippen molar-refractivity contribution in [1.29, 1.82) is 0 Å². The molecule has 12 heavy (non-hydrogen) atoms. The summed E-state index contributed by atoms with van der Waals surface area (Å²) in [6, 6.07) is 0. The van der Waals surface area contributed by atoms with E-state index in [1.54, 1.807) is 0 Å². The van der Waals surface area contributed by atoms with Crippen LogP contribution in [0.15, 0.2) is 11.6 Å². The van der Waals surface area contributed by atoms with Gasteiger partial charge in [-0.1, -0.05) is 0 Å². The van der Waals surface area contributed by atoms with E-state index >= 15 is 0 Å². The van der Waals surface area contributed by atoms with E-state index < -0.39 is 18.1 Å². The fourth-order valence-corrected chi connectivity index (χ4v) is 0.362. The predicted octanol–water partition coefficient (Wildman–Crippen LogP) is 0.284. The molecule has 0 aromatic heterocycles. The third kappa shape index (κ3) is 5.08. The summed E-state index contributed by atoms with van der Waals surface area (Å²) in [5.74, 6) is -3.01. The fraction of sp³-hybridized carbons (Fsp3) is 0.333. The molecule has 0 aliphatic carbocycles. The van der Waals surface area contributed by atoms with Gasteiger partial charge in [0.25, 0.3) is 0 Å². The average Bonchev–Trinajstić information content (AvgIpc) is 1.87. The Labute approximate surface area is 87.2 Å². The SMILES string of the molecule is CC(=CC(F)C(=O)O)C(=O)O.[H-].[H-].[Mg+2]. The zero-order valence-corrected chi connectivity index (χ0v) is 7.86. The zero-order valence-electron chi connectivity index (χ0n) is 8.45. The van der Waals surface area contributed by atoms with Gasteiger partial charge in [-0.05, 0) is 13.0 Å². The van der Waals surface area contributed by atoms with Crippen LogP contribution in [-0.4, -0.2) is 51.4 Å². The van der Waals surface area contributed by atoms with Crippen LogP contribution >= 0.6 is 0 Å². The first kappa shape index (κ1) is 13.9. The molecule has 1 unspecified atom stereocenters. The van der Waals surface area contributed by atoms with E-state index in [1.807, 2.05) is 0 Å². The number of carbonyl (C=O) groups is 2. The van der Waals surface area contributed by atoms with Gasteiger partial charge in [0.15, 0.2) is 0 Å². The van der Waals surface area contributed by atoms with Crippen LogP contribution in [0.5, 0.6) is 0 Å². The molecule has 0 saturated carbocycles. The molecule has 0 bridgehead atoms. The second-order valence-electron chi connectivity index (χ2n) is 1.89. The minimum Gasteiger partial charge on any atom is -1.00 e. The number of alkyl halides is 1. The van der Waals surface area contributed by atoms with Crippen LogP contribution in [0.3, 0.4) is 0 Å². The zero-order chi connectivity index (χ0) is 9.02. The van der Waals surface area contributed by atoms with Crippen LogP contribution < -0.4 is 0 Å². The van der Waals surface area contributed by atoms with Crippen LogP contribution in [0.1, 0.15) is 9.78 Å². The molecule has 4 nitrogen and oxygen atoms in total. The third-order valence-electron chi connectivity index (χ3n) is 0.970. The summed E-state index contributed by atoms with van der Waals surface area (Å²) in [6.45, 7) is 1.12. The molecule has 2 N–H and O–H groups in total. The molecule has 0 aliphatic rings. The Morgan fingerprint density at radius 1 is 1.50 bits per heavy atom. The summed E-state index contributed by atoms with van der Waals surface area (Å²) >= 11 is 0. The van der Waals surface area contributed by atoms with Crippen LogP contribution in [0, 0.1) is 0 Å². The molecule has 1 atom stereocenters. The molecular weight excluding hydrogens is 179 g/mol. The number of halogens is 1. The van der Waals surface area contributed by atoms with E-state index in [0.717, 1.165) is 6.92 Å². The van der Waals surface area contributed by atoms with Crippen molar-refractivity contribution in [2.75, 3.05) is 0 Å². The molecule has 0 aromatic rings. The van der Waals surface area contributed by atoms with E-state index in [9.17, 15) is 14.0 Å². The molecule has 0 saturated heterocycles. The van der Waals surface area contributed by atoms with Crippen molar-refractivity contribution >= 4 is 35.0 Å². The maximum absolute atomic E-state index is 12.2. The summed E-state index contributed by atoms with van der Waals surface area (Å²) in [7, 11) is 0. The van der Waals surface area contributed by atoms with Gasteiger partial charge >= 0.3 is 35.0 Å². The van der Waals surface area contributed by atoms with Gasteiger partial charge in [0.1, 0.15) is 0 Å². The summed E-state index contributed by atoms with van der Waals surface area (Å²) < 4.78 is 12.2. The molecule has 66 valence electrons. The predicted molar refractivity (Wildman–Crippen MR) is 41.9 cm³/mol. The van der Waals surface area contributed by atoms with Crippen molar-refractivity contribution in [3.8, 4) is 0 Å². The Bertz CT molecular complexity index is 222. The number of hydrogen-bond acceptors (Lipinski definition) is 2. The normalized spacial score (nSPS) is 13.0. The molecule has 0 amide bonds. The Balaban J connectivity index is -0.000000167. The molecule has 0 fully saturated rings. The summed E-state index contributed by atoms with van der Waals surface area (Å²) in [6.07, 6.45) is -1.71. The van der Waals surface area contributed by atoms with Crippen LogP contribution in [0.4, 0.5) is 4.39 Å². The molecule has 0 radical (unpaired) electrons. The molecule has 0 aliphatic heterocycles. The summed E-state index contributed by atoms with van der Waals surface area (Å²) in [4.78, 5) is 19.9. The van der Waals surface area contributed by atoms with E-state index in [2.05, 4.69) is 0 Å². The van der Waals surface area contributed by atoms with Gasteiger partial charge in [-0.15, -0.1) is 0 Å². The number of carboxylic acids is 2. The molecule has 6 heteroatoms. The van der Waals surface area contributed by atoms with Crippen LogP contribution in [-0.2, 0) is 9.59 Å². The van der Waals surface area contributed by atoms with Gasteiger partial charge in [-0.25, -0.2) is 14.0 Å². The van der Waals surface area contributed by atoms with Crippen molar-refractivity contribution in [1.82, 2.24) is 0 Å². The van der Waals surface area contributed by atoms with E-state index in [4.69, 9.17) is 10.2 Å². The average molecular weight is 188 g/mol. The van der Waals surface area contributed by atoms with Crippen LogP contribution in [0.2, 0.25) is 0 Å². The van der Waals surface area contributed by atoms with Crippen molar-refractivity contribution in [2.24, 2.45) is 0 Å². The standard InChI is InChI=1S/C6H7FO4.Mg.2H/c1-3(5(8)9)2-4(7)6(10)11;;;/h2,4H,1H3,(H,8,9)(H,10,11);;;/q;+2;2*-1. The summed E-state index contributed by atoms with van der Waals surface area (Å²) in [5, 5.41) is 16.2. The van der Waals surface area contributed by atoms with Gasteiger partial charge in [0.2, 0.25) is 6.17 Å². The topological polar surface area (TPSA) is 74.6 Å². The first-order valence-corrected chi connectivity index (χ1v) is 2.73.